The Bertz CT molecular complexity index is 540. The van der Waals surface area contributed by atoms with Crippen molar-refractivity contribution < 1.29 is 4.79 Å². The van der Waals surface area contributed by atoms with E-state index in [0.29, 0.717) is 13.1 Å². The van der Waals surface area contributed by atoms with Gasteiger partial charge in [-0.15, -0.1) is 0 Å². The summed E-state index contributed by atoms with van der Waals surface area (Å²) in [4.78, 5) is 18.4. The molecule has 0 bridgehead atoms. The van der Waals surface area contributed by atoms with Crippen molar-refractivity contribution in [1.29, 1.82) is 0 Å². The molecule has 1 aromatic rings. The highest BCUT2D eigenvalue weighted by Gasteiger charge is 2.27. The average Bonchev–Trinajstić information content (AvgIpc) is 2.50. The molecule has 0 aliphatic heterocycles. The lowest BCUT2D eigenvalue weighted by atomic mass is 9.92. The molecule has 2 N–H and O–H groups in total. The Hall–Kier alpha value is -1.56. The second-order valence-corrected chi connectivity index (χ2v) is 7.04. The fraction of sp³-hybridized carbons (Fsp3) is 0.529. The van der Waals surface area contributed by atoms with Crippen LogP contribution in [0.15, 0.2) is 33.7 Å². The van der Waals surface area contributed by atoms with Crippen LogP contribution in [-0.2, 0) is 11.3 Å². The van der Waals surface area contributed by atoms with Gasteiger partial charge in [0.15, 0.2) is 5.96 Å². The molecule has 0 fully saturated rings. The number of hydrogen-bond donors (Lipinski definition) is 2. The largest absolute Gasteiger partial charge is 0.356 e. The maximum absolute atomic E-state index is 12.0. The predicted octanol–water partition coefficient (Wildman–Crippen LogP) is 2.62. The van der Waals surface area contributed by atoms with E-state index in [1.54, 1.807) is 7.05 Å². The molecule has 6 heteroatoms. The molecule has 1 aromatic carbocycles. The van der Waals surface area contributed by atoms with Gasteiger partial charge in [-0.25, -0.2) is 0 Å². The molecule has 0 aliphatic carbocycles. The molecule has 0 unspecified atom stereocenters. The zero-order chi connectivity index (χ0) is 17.5. The van der Waals surface area contributed by atoms with Crippen molar-refractivity contribution in [2.45, 2.75) is 27.3 Å². The fourth-order valence-corrected chi connectivity index (χ4v) is 2.37. The van der Waals surface area contributed by atoms with E-state index in [1.807, 2.05) is 44.9 Å². The first-order valence-corrected chi connectivity index (χ1v) is 8.54. The minimum Gasteiger partial charge on any atom is -0.356 e. The van der Waals surface area contributed by atoms with E-state index in [4.69, 9.17) is 0 Å². The summed E-state index contributed by atoms with van der Waals surface area (Å²) in [7, 11) is 3.73. The fourth-order valence-electron chi connectivity index (χ4n) is 2.10. The van der Waals surface area contributed by atoms with Crippen LogP contribution in [0.1, 0.15) is 26.3 Å². The molecule has 1 rings (SSSR count). The number of rotatable bonds is 6. The molecule has 0 saturated heterocycles. The number of nitrogens with zero attached hydrogens (tertiary/aromatic N) is 2. The zero-order valence-corrected chi connectivity index (χ0v) is 16.2. The summed E-state index contributed by atoms with van der Waals surface area (Å²) in [6, 6.07) is 8.20. The zero-order valence-electron chi connectivity index (χ0n) is 14.6. The highest BCUT2D eigenvalue weighted by Crippen LogP contribution is 2.14. The van der Waals surface area contributed by atoms with Gasteiger partial charge in [-0.3, -0.25) is 9.79 Å². The topological polar surface area (TPSA) is 56.7 Å². The Balaban J connectivity index is 2.62. The summed E-state index contributed by atoms with van der Waals surface area (Å²) < 4.78 is 1.06. The highest BCUT2D eigenvalue weighted by atomic mass is 79.9. The van der Waals surface area contributed by atoms with Crippen LogP contribution in [0.5, 0.6) is 0 Å². The minimum atomic E-state index is -0.496. The lowest BCUT2D eigenvalue weighted by Gasteiger charge is -2.28. The summed E-state index contributed by atoms with van der Waals surface area (Å²) in [6.07, 6.45) is 0. The van der Waals surface area contributed by atoms with Gasteiger partial charge in [-0.1, -0.05) is 28.1 Å². The van der Waals surface area contributed by atoms with E-state index in [1.165, 1.54) is 5.56 Å². The van der Waals surface area contributed by atoms with E-state index >= 15 is 0 Å². The molecule has 0 aromatic heterocycles. The molecule has 0 atom stereocenters. The Morgan fingerprint density at radius 1 is 1.26 bits per heavy atom. The predicted molar refractivity (Wildman–Crippen MR) is 99.4 cm³/mol. The number of carbonyl (C=O) groups excluding carboxylic acids is 1. The molecule has 0 saturated carbocycles. The number of amides is 1. The number of hydrogen-bond acceptors (Lipinski definition) is 2. The number of benzene rings is 1. The van der Waals surface area contributed by atoms with Crippen molar-refractivity contribution in [3.8, 4) is 0 Å². The van der Waals surface area contributed by atoms with E-state index < -0.39 is 5.41 Å². The van der Waals surface area contributed by atoms with Crippen molar-refractivity contribution in [2.24, 2.45) is 10.4 Å². The number of halogens is 1. The summed E-state index contributed by atoms with van der Waals surface area (Å²) in [5.41, 5.74) is 0.700. The van der Waals surface area contributed by atoms with Gasteiger partial charge in [0.05, 0.1) is 5.41 Å². The van der Waals surface area contributed by atoms with Gasteiger partial charge in [0.25, 0.3) is 0 Å². The van der Waals surface area contributed by atoms with E-state index in [9.17, 15) is 4.79 Å². The lowest BCUT2D eigenvalue weighted by Crippen LogP contribution is -2.48. The van der Waals surface area contributed by atoms with E-state index in [2.05, 4.69) is 43.7 Å². The van der Waals surface area contributed by atoms with Crippen LogP contribution in [0.2, 0.25) is 0 Å². The van der Waals surface area contributed by atoms with Crippen molar-refractivity contribution in [2.75, 3.05) is 27.2 Å². The molecule has 0 heterocycles. The Morgan fingerprint density at radius 2 is 1.87 bits per heavy atom. The second-order valence-electron chi connectivity index (χ2n) is 6.13. The van der Waals surface area contributed by atoms with E-state index in [-0.39, 0.29) is 5.91 Å². The van der Waals surface area contributed by atoms with Gasteiger partial charge in [-0.05, 0) is 38.5 Å². The third-order valence-corrected chi connectivity index (χ3v) is 4.08. The van der Waals surface area contributed by atoms with Crippen molar-refractivity contribution in [1.82, 2.24) is 15.5 Å². The first kappa shape index (κ1) is 19.5. The normalized spacial score (nSPS) is 12.0. The standard InChI is InChI=1S/C17H27BrN4O/c1-6-20-15(23)17(2,3)12-21-16(19-4)22(5)11-13-7-9-14(18)10-8-13/h7-10H,6,11-12H2,1-5H3,(H,19,21)(H,20,23). The van der Waals surface area contributed by atoms with Gasteiger partial charge in [0.1, 0.15) is 0 Å². The van der Waals surface area contributed by atoms with Gasteiger partial charge in [0, 0.05) is 38.2 Å². The molecular weight excluding hydrogens is 356 g/mol. The average molecular weight is 383 g/mol. The summed E-state index contributed by atoms with van der Waals surface area (Å²) in [6.45, 7) is 7.68. The molecule has 0 radical (unpaired) electrons. The molecular formula is C17H27BrN4O. The number of guanidine groups is 1. The Labute approximate surface area is 147 Å². The highest BCUT2D eigenvalue weighted by molar-refractivity contribution is 9.10. The van der Waals surface area contributed by atoms with Crippen LogP contribution in [-0.4, -0.2) is 44.0 Å². The first-order valence-electron chi connectivity index (χ1n) is 7.74. The van der Waals surface area contributed by atoms with Crippen LogP contribution in [0, 0.1) is 5.41 Å². The maximum Gasteiger partial charge on any atom is 0.227 e. The van der Waals surface area contributed by atoms with Crippen LogP contribution in [0.3, 0.4) is 0 Å². The van der Waals surface area contributed by atoms with Crippen LogP contribution < -0.4 is 10.6 Å². The van der Waals surface area contributed by atoms with Crippen LogP contribution in [0.25, 0.3) is 0 Å². The molecule has 0 spiro atoms. The van der Waals surface area contributed by atoms with Crippen LogP contribution in [0.4, 0.5) is 0 Å². The SMILES string of the molecule is CCNC(=O)C(C)(C)CNC(=NC)N(C)Cc1ccc(Br)cc1. The maximum atomic E-state index is 12.0. The van der Waals surface area contributed by atoms with E-state index in [0.717, 1.165) is 17.0 Å². The van der Waals surface area contributed by atoms with Gasteiger partial charge < -0.3 is 15.5 Å². The molecule has 0 aliphatic rings. The Morgan fingerprint density at radius 3 is 2.39 bits per heavy atom. The Kier molecular flexibility index (Phi) is 7.55. The molecule has 5 nitrogen and oxygen atoms in total. The third kappa shape index (κ3) is 6.22. The second kappa shape index (κ2) is 8.91. The van der Waals surface area contributed by atoms with Gasteiger partial charge >= 0.3 is 0 Å². The molecule has 23 heavy (non-hydrogen) atoms. The summed E-state index contributed by atoms with van der Waals surface area (Å²) >= 11 is 3.44. The number of carbonyl (C=O) groups is 1. The molecule has 1 amide bonds. The third-order valence-electron chi connectivity index (χ3n) is 3.55. The van der Waals surface area contributed by atoms with Crippen molar-refractivity contribution in [3.63, 3.8) is 0 Å². The quantitative estimate of drug-likeness (QED) is 0.587. The summed E-state index contributed by atoms with van der Waals surface area (Å²) in [5, 5.41) is 6.15. The van der Waals surface area contributed by atoms with Crippen molar-refractivity contribution >= 4 is 27.8 Å². The number of aliphatic imine (C=N–C) groups is 1. The lowest BCUT2D eigenvalue weighted by molar-refractivity contribution is -0.128. The first-order chi connectivity index (χ1) is 10.8. The monoisotopic (exact) mass is 382 g/mol. The van der Waals surface area contributed by atoms with Gasteiger partial charge in [0.2, 0.25) is 5.91 Å². The number of nitrogens with one attached hydrogen (secondary N) is 2. The van der Waals surface area contributed by atoms with Crippen LogP contribution >= 0.6 is 15.9 Å². The smallest absolute Gasteiger partial charge is 0.227 e. The molecule has 128 valence electrons. The van der Waals surface area contributed by atoms with Crippen molar-refractivity contribution in [3.05, 3.63) is 34.3 Å². The van der Waals surface area contributed by atoms with Gasteiger partial charge in [-0.2, -0.15) is 0 Å². The minimum absolute atomic E-state index is 0.0403. The summed E-state index contributed by atoms with van der Waals surface area (Å²) in [5.74, 6) is 0.809.